The lowest BCUT2D eigenvalue weighted by atomic mass is 10.2. The molecule has 0 unspecified atom stereocenters. The maximum absolute atomic E-state index is 12.2. The highest BCUT2D eigenvalue weighted by Gasteiger charge is 2.22. The number of aliphatic hydroxyl groups excluding tert-OH is 1. The molecule has 102 valence electrons. The molecule has 2 rings (SSSR count). The van der Waals surface area contributed by atoms with Gasteiger partial charge in [0.2, 0.25) is 10.0 Å². The van der Waals surface area contributed by atoms with Crippen LogP contribution in [0.25, 0.3) is 0 Å². The molecule has 1 aromatic carbocycles. The summed E-state index contributed by atoms with van der Waals surface area (Å²) in [5.41, 5.74) is 0.412. The predicted molar refractivity (Wildman–Crippen MR) is 72.9 cm³/mol. The molecular weight excluding hydrogens is 262 g/mol. The van der Waals surface area contributed by atoms with Crippen molar-refractivity contribution in [1.29, 1.82) is 0 Å². The molecule has 0 heterocycles. The van der Waals surface area contributed by atoms with Crippen LogP contribution in [0.15, 0.2) is 29.2 Å². The van der Waals surface area contributed by atoms with Crippen molar-refractivity contribution >= 4 is 10.0 Å². The molecule has 1 aromatic rings. The molecule has 1 aliphatic carbocycles. The second-order valence-corrected chi connectivity index (χ2v) is 6.32. The van der Waals surface area contributed by atoms with Gasteiger partial charge in [-0.3, -0.25) is 0 Å². The molecule has 1 aliphatic rings. The Morgan fingerprint density at radius 2 is 2.05 bits per heavy atom. The van der Waals surface area contributed by atoms with Gasteiger partial charge in [-0.2, -0.15) is 0 Å². The Balaban J connectivity index is 2.13. The van der Waals surface area contributed by atoms with Crippen LogP contribution in [-0.4, -0.2) is 26.7 Å². The Hall–Kier alpha value is -1.35. The van der Waals surface area contributed by atoms with E-state index in [1.165, 1.54) is 18.9 Å². The van der Waals surface area contributed by atoms with Crippen LogP contribution in [0.2, 0.25) is 0 Å². The van der Waals surface area contributed by atoms with Gasteiger partial charge in [-0.25, -0.2) is 13.1 Å². The third-order valence-corrected chi connectivity index (χ3v) is 4.54. The van der Waals surface area contributed by atoms with Crippen LogP contribution in [0, 0.1) is 17.8 Å². The van der Waals surface area contributed by atoms with Gasteiger partial charge in [0, 0.05) is 12.1 Å². The van der Waals surface area contributed by atoms with Gasteiger partial charge in [0.25, 0.3) is 0 Å². The van der Waals surface area contributed by atoms with Gasteiger partial charge >= 0.3 is 0 Å². The average molecular weight is 279 g/mol. The Morgan fingerprint density at radius 1 is 1.32 bits per heavy atom. The Kier molecular flexibility index (Phi) is 4.59. The monoisotopic (exact) mass is 279 g/mol. The first-order valence-electron chi connectivity index (χ1n) is 6.32. The zero-order valence-electron chi connectivity index (χ0n) is 10.6. The van der Waals surface area contributed by atoms with E-state index in [1.807, 2.05) is 0 Å². The van der Waals surface area contributed by atoms with Gasteiger partial charge in [-0.15, -0.1) is 0 Å². The summed E-state index contributed by atoms with van der Waals surface area (Å²) in [6, 6.07) is 6.56. The molecule has 0 atom stereocenters. The molecule has 1 fully saturated rings. The minimum absolute atomic E-state index is 0.173. The summed E-state index contributed by atoms with van der Waals surface area (Å²) < 4.78 is 27.0. The highest BCUT2D eigenvalue weighted by Crippen LogP contribution is 2.31. The number of sulfonamides is 1. The van der Waals surface area contributed by atoms with Crippen LogP contribution < -0.4 is 4.72 Å². The average Bonchev–Trinajstić information content (AvgIpc) is 3.20. The van der Waals surface area contributed by atoms with E-state index in [1.54, 1.807) is 18.2 Å². The molecular formula is C14H17NO3S. The van der Waals surface area contributed by atoms with Crippen LogP contribution in [0.3, 0.4) is 0 Å². The predicted octanol–water partition coefficient (Wildman–Crippen LogP) is 1.11. The SMILES string of the molecule is O=S(=O)(NCCC1CC1)c1ccccc1C#CCO. The number of aliphatic hydroxyl groups is 1. The van der Waals surface area contributed by atoms with Crippen molar-refractivity contribution in [3.05, 3.63) is 29.8 Å². The van der Waals surface area contributed by atoms with E-state index in [-0.39, 0.29) is 11.5 Å². The lowest BCUT2D eigenvalue weighted by Gasteiger charge is -2.08. The van der Waals surface area contributed by atoms with E-state index in [0.29, 0.717) is 18.0 Å². The van der Waals surface area contributed by atoms with Crippen molar-refractivity contribution in [1.82, 2.24) is 4.72 Å². The topological polar surface area (TPSA) is 66.4 Å². The van der Waals surface area contributed by atoms with E-state index in [4.69, 9.17) is 5.11 Å². The Morgan fingerprint density at radius 3 is 2.74 bits per heavy atom. The summed E-state index contributed by atoms with van der Waals surface area (Å²) >= 11 is 0. The Labute approximate surface area is 113 Å². The van der Waals surface area contributed by atoms with Crippen molar-refractivity contribution in [3.8, 4) is 11.8 Å². The van der Waals surface area contributed by atoms with E-state index >= 15 is 0 Å². The molecule has 0 saturated heterocycles. The maximum Gasteiger partial charge on any atom is 0.241 e. The smallest absolute Gasteiger partial charge is 0.241 e. The second kappa shape index (κ2) is 6.20. The van der Waals surface area contributed by atoms with E-state index in [9.17, 15) is 8.42 Å². The fraction of sp³-hybridized carbons (Fsp3) is 0.429. The quantitative estimate of drug-likeness (QED) is 0.793. The van der Waals surface area contributed by atoms with Gasteiger partial charge < -0.3 is 5.11 Å². The second-order valence-electron chi connectivity index (χ2n) is 4.59. The van der Waals surface area contributed by atoms with Crippen molar-refractivity contribution < 1.29 is 13.5 Å². The van der Waals surface area contributed by atoms with E-state index < -0.39 is 10.0 Å². The van der Waals surface area contributed by atoms with Crippen LogP contribution >= 0.6 is 0 Å². The van der Waals surface area contributed by atoms with Crippen LogP contribution in [0.1, 0.15) is 24.8 Å². The van der Waals surface area contributed by atoms with Crippen molar-refractivity contribution in [2.75, 3.05) is 13.2 Å². The van der Waals surface area contributed by atoms with Crippen molar-refractivity contribution in [3.63, 3.8) is 0 Å². The number of benzene rings is 1. The highest BCUT2D eigenvalue weighted by atomic mass is 32.2. The zero-order chi connectivity index (χ0) is 13.7. The largest absolute Gasteiger partial charge is 0.384 e. The molecule has 2 N–H and O–H groups in total. The molecule has 0 aromatic heterocycles. The zero-order valence-corrected chi connectivity index (χ0v) is 11.4. The lowest BCUT2D eigenvalue weighted by Crippen LogP contribution is -2.25. The normalized spacial score (nSPS) is 14.8. The van der Waals surface area contributed by atoms with Crippen LogP contribution in [0.4, 0.5) is 0 Å². The fourth-order valence-corrected chi connectivity index (χ4v) is 3.03. The fourth-order valence-electron chi connectivity index (χ4n) is 1.82. The van der Waals surface area contributed by atoms with Gasteiger partial charge in [0.15, 0.2) is 0 Å². The standard InChI is InChI=1S/C14H17NO3S/c16-11-3-5-13-4-1-2-6-14(13)19(17,18)15-10-9-12-7-8-12/h1-2,4,6,12,15-16H,7-11H2. The third-order valence-electron chi connectivity index (χ3n) is 3.02. The Bertz CT molecular complexity index is 595. The molecule has 0 bridgehead atoms. The first-order valence-corrected chi connectivity index (χ1v) is 7.80. The highest BCUT2D eigenvalue weighted by molar-refractivity contribution is 7.89. The first-order chi connectivity index (χ1) is 9.13. The van der Waals surface area contributed by atoms with Crippen LogP contribution in [-0.2, 0) is 10.0 Å². The summed E-state index contributed by atoms with van der Waals surface area (Å²) in [5.74, 6) is 5.82. The number of nitrogens with one attached hydrogen (secondary N) is 1. The molecule has 0 amide bonds. The van der Waals surface area contributed by atoms with E-state index in [0.717, 1.165) is 6.42 Å². The van der Waals surface area contributed by atoms with Gasteiger partial charge in [-0.1, -0.05) is 36.8 Å². The van der Waals surface area contributed by atoms with Gasteiger partial charge in [0.05, 0.1) is 4.90 Å². The number of hydrogen-bond donors (Lipinski definition) is 2. The van der Waals surface area contributed by atoms with Gasteiger partial charge in [0.1, 0.15) is 6.61 Å². The van der Waals surface area contributed by atoms with E-state index in [2.05, 4.69) is 16.6 Å². The molecule has 19 heavy (non-hydrogen) atoms. The molecule has 5 heteroatoms. The van der Waals surface area contributed by atoms with Gasteiger partial charge in [-0.05, 0) is 24.5 Å². The van der Waals surface area contributed by atoms with Crippen molar-refractivity contribution in [2.24, 2.45) is 5.92 Å². The molecule has 0 radical (unpaired) electrons. The molecule has 0 aliphatic heterocycles. The summed E-state index contributed by atoms with van der Waals surface area (Å²) in [6.07, 6.45) is 3.31. The minimum Gasteiger partial charge on any atom is -0.384 e. The third kappa shape index (κ3) is 4.06. The first kappa shape index (κ1) is 14.1. The molecule has 0 spiro atoms. The van der Waals surface area contributed by atoms with Crippen molar-refractivity contribution in [2.45, 2.75) is 24.2 Å². The lowest BCUT2D eigenvalue weighted by molar-refractivity contribution is 0.350. The summed E-state index contributed by atoms with van der Waals surface area (Å²) in [5, 5.41) is 8.69. The summed E-state index contributed by atoms with van der Waals surface area (Å²) in [7, 11) is -3.52. The molecule has 4 nitrogen and oxygen atoms in total. The number of rotatable bonds is 5. The minimum atomic E-state index is -3.52. The molecule has 1 saturated carbocycles. The number of hydrogen-bond acceptors (Lipinski definition) is 3. The summed E-state index contributed by atoms with van der Waals surface area (Å²) in [4.78, 5) is 0.173. The van der Waals surface area contributed by atoms with Crippen LogP contribution in [0.5, 0.6) is 0 Å². The summed E-state index contributed by atoms with van der Waals surface area (Å²) in [6.45, 7) is 0.179. The maximum atomic E-state index is 12.2.